The van der Waals surface area contributed by atoms with E-state index in [0.717, 1.165) is 11.3 Å². The van der Waals surface area contributed by atoms with Gasteiger partial charge in [0.15, 0.2) is 23.3 Å². The van der Waals surface area contributed by atoms with Gasteiger partial charge in [0.2, 0.25) is 0 Å². The molecule has 0 saturated heterocycles. The van der Waals surface area contributed by atoms with Crippen molar-refractivity contribution in [2.45, 2.75) is 4.21 Å². The maximum atomic E-state index is 13.6. The number of anilines is 2. The normalized spacial score (nSPS) is 11.2. The number of hydrazine groups is 1. The first kappa shape index (κ1) is 22.1. The minimum atomic E-state index is -3.82. The van der Waals surface area contributed by atoms with E-state index in [9.17, 15) is 30.8 Å². The summed E-state index contributed by atoms with van der Waals surface area (Å²) in [6.07, 6.45) is 0. The lowest BCUT2D eigenvalue weighted by Crippen LogP contribution is -2.30. The fourth-order valence-electron chi connectivity index (χ4n) is 2.21. The predicted octanol–water partition coefficient (Wildman–Crippen LogP) is 4.62. The van der Waals surface area contributed by atoms with E-state index >= 15 is 0 Å². The van der Waals surface area contributed by atoms with Gasteiger partial charge in [-0.2, -0.15) is 0 Å². The van der Waals surface area contributed by atoms with E-state index in [0.29, 0.717) is 3.79 Å². The molecule has 0 atom stereocenters. The summed E-state index contributed by atoms with van der Waals surface area (Å²) in [7, 11) is -3.82. The Labute approximate surface area is 180 Å². The summed E-state index contributed by atoms with van der Waals surface area (Å²) in [6, 6.07) is 8.08. The lowest BCUT2D eigenvalue weighted by Gasteiger charge is -2.12. The predicted molar refractivity (Wildman–Crippen MR) is 107 cm³/mol. The first-order valence-electron chi connectivity index (χ1n) is 7.86. The van der Waals surface area contributed by atoms with Crippen LogP contribution in [0.2, 0.25) is 0 Å². The van der Waals surface area contributed by atoms with Gasteiger partial charge in [0.25, 0.3) is 15.9 Å². The first-order valence-corrected chi connectivity index (χ1v) is 11.0. The molecule has 3 aromatic rings. The van der Waals surface area contributed by atoms with Crippen molar-refractivity contribution in [2.24, 2.45) is 0 Å². The van der Waals surface area contributed by atoms with E-state index in [4.69, 9.17) is 0 Å². The second-order valence-electron chi connectivity index (χ2n) is 5.66. The van der Waals surface area contributed by atoms with Gasteiger partial charge in [-0.3, -0.25) is 20.4 Å². The van der Waals surface area contributed by atoms with E-state index in [1.54, 1.807) is 11.5 Å². The zero-order valence-electron chi connectivity index (χ0n) is 14.5. The molecule has 1 amide bonds. The lowest BCUT2D eigenvalue weighted by atomic mass is 10.2. The number of benzene rings is 2. The summed E-state index contributed by atoms with van der Waals surface area (Å²) in [6.45, 7) is 0. The molecular formula is C17H10BrF4N3O3S2. The second-order valence-corrected chi connectivity index (χ2v) is 10.0. The van der Waals surface area contributed by atoms with Crippen LogP contribution < -0.4 is 15.6 Å². The average molecular weight is 524 g/mol. The van der Waals surface area contributed by atoms with E-state index < -0.39 is 44.9 Å². The van der Waals surface area contributed by atoms with Crippen molar-refractivity contribution < 1.29 is 30.8 Å². The minimum absolute atomic E-state index is 0.0259. The van der Waals surface area contributed by atoms with Crippen molar-refractivity contribution >= 4 is 54.6 Å². The molecule has 0 aliphatic rings. The highest BCUT2D eigenvalue weighted by molar-refractivity contribution is 9.11. The first-order chi connectivity index (χ1) is 14.1. The summed E-state index contributed by atoms with van der Waals surface area (Å²) in [5.74, 6) is -7.59. The average Bonchev–Trinajstić information content (AvgIpc) is 3.14. The van der Waals surface area contributed by atoms with Crippen molar-refractivity contribution in [3.05, 3.63) is 75.1 Å². The Morgan fingerprint density at radius 2 is 1.53 bits per heavy atom. The van der Waals surface area contributed by atoms with Crippen LogP contribution in [-0.4, -0.2) is 14.3 Å². The topological polar surface area (TPSA) is 87.3 Å². The van der Waals surface area contributed by atoms with Gasteiger partial charge in [-0.05, 0) is 52.3 Å². The Hall–Kier alpha value is -2.64. The van der Waals surface area contributed by atoms with Crippen LogP contribution in [0.25, 0.3) is 0 Å². The minimum Gasteiger partial charge on any atom is -0.293 e. The number of hydrogen-bond donors (Lipinski definition) is 3. The van der Waals surface area contributed by atoms with Crippen molar-refractivity contribution in [2.75, 3.05) is 10.1 Å². The van der Waals surface area contributed by atoms with Crippen molar-refractivity contribution in [3.8, 4) is 0 Å². The van der Waals surface area contributed by atoms with Gasteiger partial charge in [-0.1, -0.05) is 0 Å². The van der Waals surface area contributed by atoms with Crippen LogP contribution in [-0.2, 0) is 10.0 Å². The van der Waals surface area contributed by atoms with E-state index in [2.05, 4.69) is 20.7 Å². The zero-order chi connectivity index (χ0) is 22.1. The Bertz CT molecular complexity index is 1190. The Kier molecular flexibility index (Phi) is 6.33. The van der Waals surface area contributed by atoms with Crippen LogP contribution in [0.5, 0.6) is 0 Å². The van der Waals surface area contributed by atoms with Crippen molar-refractivity contribution in [1.82, 2.24) is 5.43 Å². The molecule has 0 aliphatic heterocycles. The number of nitrogens with one attached hydrogen (secondary N) is 3. The number of amides is 1. The van der Waals surface area contributed by atoms with E-state index in [1.807, 2.05) is 5.43 Å². The fourth-order valence-corrected chi connectivity index (χ4v) is 5.28. The van der Waals surface area contributed by atoms with Crippen LogP contribution in [0.1, 0.15) is 10.4 Å². The highest BCUT2D eigenvalue weighted by Crippen LogP contribution is 2.28. The third-order valence-corrected chi connectivity index (χ3v) is 7.12. The molecule has 0 saturated carbocycles. The smallest absolute Gasteiger partial charge is 0.271 e. The van der Waals surface area contributed by atoms with Gasteiger partial charge in [-0.25, -0.2) is 26.0 Å². The van der Waals surface area contributed by atoms with Gasteiger partial charge in [-0.15, -0.1) is 11.3 Å². The number of thiophene rings is 1. The third-order valence-electron chi connectivity index (χ3n) is 3.63. The highest BCUT2D eigenvalue weighted by Gasteiger charge is 2.20. The monoisotopic (exact) mass is 523 g/mol. The number of rotatable bonds is 6. The molecule has 0 unspecified atom stereocenters. The third kappa shape index (κ3) is 4.74. The molecule has 30 heavy (non-hydrogen) atoms. The second kappa shape index (κ2) is 8.62. The van der Waals surface area contributed by atoms with Crippen LogP contribution in [0, 0.1) is 23.3 Å². The molecule has 0 aliphatic carbocycles. The molecule has 0 fully saturated rings. The molecule has 1 heterocycles. The fraction of sp³-hybridized carbons (Fsp3) is 0. The standard InChI is InChI=1S/C17H10BrF4N3O3S2/c18-12-5-6-13(29-12)30(27,28)25-9-3-1-8(2-4-9)17(26)24-23-16-14(21)10(19)7-11(20)15(16)22/h1-7,23,25H,(H,24,26). The van der Waals surface area contributed by atoms with Gasteiger partial charge in [0.05, 0.1) is 3.79 Å². The number of carbonyl (C=O) groups excluding carboxylic acids is 1. The van der Waals surface area contributed by atoms with E-state index in [1.165, 1.54) is 30.3 Å². The number of hydrogen-bond acceptors (Lipinski definition) is 5. The van der Waals surface area contributed by atoms with Crippen LogP contribution in [0.4, 0.5) is 28.9 Å². The molecule has 6 nitrogen and oxygen atoms in total. The molecule has 1 aromatic heterocycles. The Morgan fingerprint density at radius 3 is 2.07 bits per heavy atom. The summed E-state index contributed by atoms with van der Waals surface area (Å²) >= 11 is 4.18. The number of carbonyl (C=O) groups is 1. The molecular weight excluding hydrogens is 514 g/mol. The molecule has 0 radical (unpaired) electrons. The molecule has 2 aromatic carbocycles. The Balaban J connectivity index is 1.69. The van der Waals surface area contributed by atoms with Crippen LogP contribution in [0.15, 0.2) is 50.5 Å². The molecule has 13 heteroatoms. The van der Waals surface area contributed by atoms with Crippen molar-refractivity contribution in [1.29, 1.82) is 0 Å². The molecule has 0 bridgehead atoms. The van der Waals surface area contributed by atoms with Crippen molar-refractivity contribution in [3.63, 3.8) is 0 Å². The van der Waals surface area contributed by atoms with Gasteiger partial charge in [0.1, 0.15) is 9.90 Å². The number of halogens is 5. The number of sulfonamides is 1. The zero-order valence-corrected chi connectivity index (χ0v) is 17.7. The molecule has 3 N–H and O–H groups in total. The van der Waals surface area contributed by atoms with Crippen LogP contribution in [0.3, 0.4) is 0 Å². The van der Waals surface area contributed by atoms with Gasteiger partial charge < -0.3 is 0 Å². The molecule has 3 rings (SSSR count). The summed E-state index contributed by atoms with van der Waals surface area (Å²) in [4.78, 5) is 12.1. The SMILES string of the molecule is O=C(NNc1c(F)c(F)cc(F)c1F)c1ccc(NS(=O)(=O)c2ccc(Br)s2)cc1. The summed E-state index contributed by atoms with van der Waals surface area (Å²) in [5, 5.41) is 0. The molecule has 0 spiro atoms. The largest absolute Gasteiger partial charge is 0.293 e. The Morgan fingerprint density at radius 1 is 0.933 bits per heavy atom. The quantitative estimate of drug-likeness (QED) is 0.250. The molecule has 158 valence electrons. The maximum Gasteiger partial charge on any atom is 0.271 e. The lowest BCUT2D eigenvalue weighted by molar-refractivity contribution is 0.0962. The summed E-state index contributed by atoms with van der Waals surface area (Å²) < 4.78 is 81.1. The van der Waals surface area contributed by atoms with Gasteiger partial charge >= 0.3 is 0 Å². The van der Waals surface area contributed by atoms with Crippen LogP contribution >= 0.6 is 27.3 Å². The maximum absolute atomic E-state index is 13.6. The van der Waals surface area contributed by atoms with E-state index in [-0.39, 0.29) is 21.5 Å². The van der Waals surface area contributed by atoms with Gasteiger partial charge in [0, 0.05) is 17.3 Å². The summed E-state index contributed by atoms with van der Waals surface area (Å²) in [5.41, 5.74) is 2.63. The highest BCUT2D eigenvalue weighted by atomic mass is 79.9.